The highest BCUT2D eigenvalue weighted by atomic mass is 16.7. The number of allylic oxidation sites excluding steroid dienone is 2. The van der Waals surface area contributed by atoms with E-state index in [4.69, 9.17) is 28.4 Å². The third-order valence-corrected chi connectivity index (χ3v) is 18.9. The monoisotopic (exact) mass is 942 g/mol. The quantitative estimate of drug-likeness (QED) is 0.0856. The van der Waals surface area contributed by atoms with Crippen LogP contribution in [0.5, 0.6) is 0 Å². The fraction of sp³-hybridized carbons (Fsp3) is 0.915. The first-order valence-electron chi connectivity index (χ1n) is 23.8. The van der Waals surface area contributed by atoms with Crippen LogP contribution in [0.25, 0.3) is 0 Å². The number of hydrogen-bond donors (Lipinski definition) is 11. The van der Waals surface area contributed by atoms with Gasteiger partial charge in [-0.25, -0.2) is 4.79 Å². The number of esters is 1. The zero-order valence-corrected chi connectivity index (χ0v) is 39.0. The topological polar surface area (TPSA) is 312 Å². The predicted octanol–water partition coefficient (Wildman–Crippen LogP) is -0.157. The number of aliphatic hydroxyl groups excluding tert-OH is 10. The van der Waals surface area contributed by atoms with Crippen LogP contribution in [-0.4, -0.2) is 180 Å². The van der Waals surface area contributed by atoms with E-state index in [1.54, 1.807) is 0 Å². The van der Waals surface area contributed by atoms with Gasteiger partial charge < -0.3 is 84.6 Å². The smallest absolute Gasteiger partial charge is 0.335 e. The summed E-state index contributed by atoms with van der Waals surface area (Å²) in [6.45, 7) is 14.3. The number of carboxylic acids is 1. The summed E-state index contributed by atoms with van der Waals surface area (Å²) < 4.78 is 34.9. The standard InChI is InChI=1S/C47H74O19/c1-42(2)14-15-47(41(60)66-38-34(57)35(22(49)19-61-38)64-39-32(55)29(52)28(51)23(18-48)62-39)21(16-42)20-8-9-25-44(5)12-11-27(63-40-33(56)30(53)31(54)36(65-40)37(58)59)43(3,4)24(44)10-13-45(25,6)46(20,7)17-26(47)50/h8,21-36,38-40,48-57H,9-19H2,1-7H3,(H,58,59)/t21-,22-,23-,24-,25-,26+,27-,28-,29+,30+,31-,32-,33-,34+,35-,36+,38+,39+,40-,44-,45-,46-,47+/m1/s1. The van der Waals surface area contributed by atoms with E-state index in [1.165, 1.54) is 0 Å². The third kappa shape index (κ3) is 7.64. The van der Waals surface area contributed by atoms with Crippen molar-refractivity contribution in [3.05, 3.63) is 11.6 Å². The molecule has 5 aliphatic carbocycles. The van der Waals surface area contributed by atoms with E-state index in [1.807, 2.05) is 0 Å². The summed E-state index contributed by atoms with van der Waals surface area (Å²) in [4.78, 5) is 26.8. The molecule has 4 saturated carbocycles. The van der Waals surface area contributed by atoms with Crippen LogP contribution in [0.15, 0.2) is 11.6 Å². The number of aliphatic carboxylic acids is 1. The van der Waals surface area contributed by atoms with Crippen LogP contribution in [0.4, 0.5) is 0 Å². The van der Waals surface area contributed by atoms with Gasteiger partial charge in [0.05, 0.1) is 25.4 Å². The number of rotatable bonds is 8. The van der Waals surface area contributed by atoms with Crippen molar-refractivity contribution >= 4 is 11.9 Å². The molecule has 3 aliphatic heterocycles. The Morgan fingerprint density at radius 2 is 1.36 bits per heavy atom. The first-order valence-corrected chi connectivity index (χ1v) is 23.8. The zero-order chi connectivity index (χ0) is 48.4. The predicted molar refractivity (Wildman–Crippen MR) is 226 cm³/mol. The van der Waals surface area contributed by atoms with Crippen molar-refractivity contribution in [2.24, 2.45) is 50.2 Å². The van der Waals surface area contributed by atoms with E-state index >= 15 is 0 Å². The van der Waals surface area contributed by atoms with Gasteiger partial charge in [0.15, 0.2) is 18.7 Å². The van der Waals surface area contributed by atoms with Gasteiger partial charge in [0.25, 0.3) is 0 Å². The molecular formula is C47H74O19. The van der Waals surface area contributed by atoms with Crippen molar-refractivity contribution in [1.29, 1.82) is 0 Å². The molecule has 0 radical (unpaired) electrons. The van der Waals surface area contributed by atoms with Crippen LogP contribution in [-0.2, 0) is 38.0 Å². The molecule has 19 heteroatoms. The van der Waals surface area contributed by atoms with Crippen LogP contribution < -0.4 is 0 Å². The Morgan fingerprint density at radius 3 is 2.02 bits per heavy atom. The molecule has 8 rings (SSSR count). The lowest BCUT2D eigenvalue weighted by Gasteiger charge is -2.71. The molecule has 0 bridgehead atoms. The summed E-state index contributed by atoms with van der Waals surface area (Å²) >= 11 is 0. The van der Waals surface area contributed by atoms with Gasteiger partial charge in [0.2, 0.25) is 6.29 Å². The Bertz CT molecular complexity index is 1860. The highest BCUT2D eigenvalue weighted by Gasteiger charge is 2.72. The Hall–Kier alpha value is -1.92. The Labute approximate surface area is 385 Å². The van der Waals surface area contributed by atoms with Crippen molar-refractivity contribution in [1.82, 2.24) is 0 Å². The molecule has 376 valence electrons. The molecule has 8 aliphatic rings. The minimum Gasteiger partial charge on any atom is -0.479 e. The number of carbonyl (C=O) groups is 2. The maximum atomic E-state index is 15.0. The van der Waals surface area contributed by atoms with Gasteiger partial charge in [0.1, 0.15) is 66.5 Å². The van der Waals surface area contributed by atoms with Crippen LogP contribution in [0.3, 0.4) is 0 Å². The van der Waals surface area contributed by atoms with Gasteiger partial charge in [-0.15, -0.1) is 0 Å². The maximum Gasteiger partial charge on any atom is 0.335 e. The van der Waals surface area contributed by atoms with Gasteiger partial charge in [-0.2, -0.15) is 0 Å². The molecule has 66 heavy (non-hydrogen) atoms. The van der Waals surface area contributed by atoms with Crippen molar-refractivity contribution < 1.29 is 94.2 Å². The zero-order valence-electron chi connectivity index (χ0n) is 39.0. The van der Waals surface area contributed by atoms with Gasteiger partial charge in [0, 0.05) is 0 Å². The molecule has 0 aromatic carbocycles. The van der Waals surface area contributed by atoms with E-state index in [9.17, 15) is 65.8 Å². The fourth-order valence-electron chi connectivity index (χ4n) is 14.9. The molecular weight excluding hydrogens is 868 g/mol. The summed E-state index contributed by atoms with van der Waals surface area (Å²) in [6, 6.07) is 0. The third-order valence-electron chi connectivity index (χ3n) is 18.9. The van der Waals surface area contributed by atoms with E-state index in [0.29, 0.717) is 32.1 Å². The van der Waals surface area contributed by atoms with Crippen LogP contribution in [0.1, 0.15) is 106 Å². The molecule has 0 aromatic heterocycles. The second kappa shape index (κ2) is 17.4. The minimum atomic E-state index is -1.83. The molecule has 3 saturated heterocycles. The van der Waals surface area contributed by atoms with Crippen LogP contribution in [0.2, 0.25) is 0 Å². The van der Waals surface area contributed by atoms with Crippen molar-refractivity contribution in [3.63, 3.8) is 0 Å². The van der Waals surface area contributed by atoms with E-state index in [-0.39, 0.29) is 34.5 Å². The van der Waals surface area contributed by atoms with E-state index < -0.39 is 146 Å². The molecule has 7 fully saturated rings. The van der Waals surface area contributed by atoms with Crippen molar-refractivity contribution in [2.75, 3.05) is 13.2 Å². The first kappa shape index (κ1) is 50.5. The molecule has 0 aromatic rings. The summed E-state index contributed by atoms with van der Waals surface area (Å²) in [6.07, 6.45) is -17.3. The second-order valence-corrected chi connectivity index (χ2v) is 23.2. The first-order chi connectivity index (χ1) is 30.7. The molecule has 0 unspecified atom stereocenters. The largest absolute Gasteiger partial charge is 0.479 e. The SMILES string of the molecule is CC1(C)CC[C@]2(C(=O)O[C@@H]3OC[C@@H](O)[C@@H](O[C@@H]4O[C@H](CO)[C@@H](O)[C@H](O)[C@H]4O)[C@@H]3O)[C@H](C1)C1=CC[C@@H]3[C@]4(C)CC[C@@H](O[C@@H]5O[C@H](C(=O)O)[C@H](O)[C@H](O)[C@H]5O)C(C)(C)[C@H]4CC[C@@]3(C)[C@]1(C)C[C@@H]2O. The molecule has 3 heterocycles. The lowest BCUT2D eigenvalue weighted by molar-refractivity contribution is -0.347. The minimum absolute atomic E-state index is 0.108. The van der Waals surface area contributed by atoms with Gasteiger partial charge in [-0.1, -0.05) is 60.1 Å². The Balaban J connectivity index is 1.04. The maximum absolute atomic E-state index is 15.0. The number of ether oxygens (including phenoxy) is 6. The Morgan fingerprint density at radius 1 is 0.712 bits per heavy atom. The molecule has 0 spiro atoms. The average Bonchev–Trinajstić information content (AvgIpc) is 3.24. The summed E-state index contributed by atoms with van der Waals surface area (Å²) in [5.41, 5.74) is -2.14. The van der Waals surface area contributed by atoms with Crippen molar-refractivity contribution in [2.45, 2.75) is 204 Å². The van der Waals surface area contributed by atoms with Gasteiger partial charge in [-0.05, 0) is 103 Å². The molecule has 11 N–H and O–H groups in total. The normalized spacial score (nSPS) is 53.2. The fourth-order valence-corrected chi connectivity index (χ4v) is 14.9. The highest BCUT2D eigenvalue weighted by molar-refractivity contribution is 5.80. The van der Waals surface area contributed by atoms with Gasteiger partial charge in [-0.3, -0.25) is 4.79 Å². The number of hydrogen-bond acceptors (Lipinski definition) is 18. The molecule has 23 atom stereocenters. The van der Waals surface area contributed by atoms with Crippen molar-refractivity contribution in [3.8, 4) is 0 Å². The molecule has 0 amide bonds. The number of carboxylic acid groups (broad SMARTS) is 1. The Kier molecular flexibility index (Phi) is 13.3. The highest BCUT2D eigenvalue weighted by Crippen LogP contribution is 2.76. The molecule has 19 nitrogen and oxygen atoms in total. The second-order valence-electron chi connectivity index (χ2n) is 23.2. The number of aliphatic hydroxyl groups is 10. The van der Waals surface area contributed by atoms with E-state index in [0.717, 1.165) is 24.8 Å². The number of fused-ring (bicyclic) bond motifs is 7. The lowest BCUT2D eigenvalue weighted by atomic mass is 9.33. The summed E-state index contributed by atoms with van der Waals surface area (Å²) in [5.74, 6) is -2.42. The summed E-state index contributed by atoms with van der Waals surface area (Å²) in [5, 5.41) is 117. The van der Waals surface area contributed by atoms with E-state index in [2.05, 4.69) is 54.5 Å². The summed E-state index contributed by atoms with van der Waals surface area (Å²) in [7, 11) is 0. The van der Waals surface area contributed by atoms with Crippen LogP contribution >= 0.6 is 0 Å². The lowest BCUT2D eigenvalue weighted by Crippen LogP contribution is -2.68. The van der Waals surface area contributed by atoms with Gasteiger partial charge >= 0.3 is 11.9 Å². The average molecular weight is 943 g/mol. The van der Waals surface area contributed by atoms with Crippen LogP contribution in [0, 0.1) is 50.2 Å². The number of carbonyl (C=O) groups excluding carboxylic acids is 1.